The highest BCUT2D eigenvalue weighted by molar-refractivity contribution is 6.01. The van der Waals surface area contributed by atoms with Crippen LogP contribution in [0.1, 0.15) is 89.3 Å². The van der Waals surface area contributed by atoms with Crippen LogP contribution in [0.3, 0.4) is 0 Å². The molecule has 206 valence electrons. The molecule has 2 aromatic rings. The molecule has 1 aromatic carbocycles. The van der Waals surface area contributed by atoms with Crippen molar-refractivity contribution in [1.82, 2.24) is 14.5 Å². The van der Waals surface area contributed by atoms with Gasteiger partial charge in [-0.1, -0.05) is 49.9 Å². The molecule has 4 rings (SSSR count). The van der Waals surface area contributed by atoms with Gasteiger partial charge in [0.15, 0.2) is 5.69 Å². The van der Waals surface area contributed by atoms with Gasteiger partial charge in [-0.3, -0.25) is 14.5 Å². The van der Waals surface area contributed by atoms with E-state index in [4.69, 9.17) is 15.7 Å². The minimum absolute atomic E-state index is 0.0112. The van der Waals surface area contributed by atoms with E-state index in [9.17, 15) is 14.4 Å². The topological polar surface area (TPSA) is 140 Å². The quantitative estimate of drug-likeness (QED) is 0.337. The first-order valence-electron chi connectivity index (χ1n) is 13.8. The fourth-order valence-electron chi connectivity index (χ4n) is 6.11. The van der Waals surface area contributed by atoms with E-state index in [1.54, 1.807) is 0 Å². The third-order valence-corrected chi connectivity index (χ3v) is 7.80. The zero-order chi connectivity index (χ0) is 27.1. The number of aliphatic carboxylic acids is 1. The lowest BCUT2D eigenvalue weighted by molar-refractivity contribution is -0.142. The molecule has 0 unspecified atom stereocenters. The Hall–Kier alpha value is -3.27. The number of nitrogens with two attached hydrogens (primary N) is 1. The monoisotopic (exact) mass is 525 g/mol. The summed E-state index contributed by atoms with van der Waals surface area (Å²) in [6, 6.07) is 8.55. The zero-order valence-electron chi connectivity index (χ0n) is 22.2. The lowest BCUT2D eigenvalue weighted by Gasteiger charge is -2.45. The van der Waals surface area contributed by atoms with Gasteiger partial charge >= 0.3 is 5.97 Å². The minimum Gasteiger partial charge on any atom is -0.479 e. The number of fused-ring (bicyclic) bond motifs is 1. The Bertz CT molecular complexity index is 1220. The standard InChI is InChI=1S/C28H39N5O5/c1-2-8-20-17-21(15-16-32(20)19-9-4-3-5-10-19)33-24-12-7-6-11-22(24)30-27(28(33)37)23(13-14-25(29)34)31-38-18-26(35)36/h6-7,11-12,19-21H,2-5,8-10,13-18H2,1H3,(H2,29,34)(H,35,36)/b31-23+/t20-,21-/m1/s1. The Morgan fingerprint density at radius 3 is 2.61 bits per heavy atom. The molecular weight excluding hydrogens is 486 g/mol. The number of para-hydroxylation sites is 2. The number of amides is 1. The SMILES string of the molecule is CCC[C@@H]1C[C@H](n2c(=O)c(/C(CCC(N)=O)=N/OCC(=O)O)nc3ccccc32)CCN1C1CCCCC1. The summed E-state index contributed by atoms with van der Waals surface area (Å²) in [7, 11) is 0. The molecule has 1 saturated heterocycles. The van der Waals surface area contributed by atoms with Crippen LogP contribution in [0.5, 0.6) is 0 Å². The largest absolute Gasteiger partial charge is 0.479 e. The number of likely N-dealkylation sites (tertiary alicyclic amines) is 1. The average Bonchev–Trinajstić information content (AvgIpc) is 2.91. The van der Waals surface area contributed by atoms with Gasteiger partial charge in [-0.2, -0.15) is 0 Å². The van der Waals surface area contributed by atoms with E-state index in [1.807, 2.05) is 28.8 Å². The number of primary amides is 1. The maximum absolute atomic E-state index is 14.0. The third-order valence-electron chi connectivity index (χ3n) is 7.80. The number of aromatic nitrogens is 2. The van der Waals surface area contributed by atoms with Crippen LogP contribution < -0.4 is 11.3 Å². The predicted molar refractivity (Wildman–Crippen MR) is 145 cm³/mol. The molecule has 10 nitrogen and oxygen atoms in total. The molecular formula is C28H39N5O5. The molecule has 2 heterocycles. The van der Waals surface area contributed by atoms with Crippen LogP contribution in [0.4, 0.5) is 0 Å². The number of benzene rings is 1. The Labute approximate surface area is 222 Å². The summed E-state index contributed by atoms with van der Waals surface area (Å²) in [5.74, 6) is -1.76. The molecule has 10 heteroatoms. The van der Waals surface area contributed by atoms with E-state index in [1.165, 1.54) is 32.1 Å². The van der Waals surface area contributed by atoms with Crippen LogP contribution in [-0.2, 0) is 14.4 Å². The van der Waals surface area contributed by atoms with Crippen molar-refractivity contribution in [3.8, 4) is 0 Å². The molecule has 0 radical (unpaired) electrons. The number of hydrogen-bond donors (Lipinski definition) is 2. The molecule has 1 amide bonds. The number of hydrogen-bond acceptors (Lipinski definition) is 7. The number of piperidine rings is 1. The summed E-state index contributed by atoms with van der Waals surface area (Å²) < 4.78 is 1.84. The summed E-state index contributed by atoms with van der Waals surface area (Å²) in [6.07, 6.45) is 10.3. The second-order valence-electron chi connectivity index (χ2n) is 10.4. The van der Waals surface area contributed by atoms with Gasteiger partial charge in [0.1, 0.15) is 5.71 Å². The van der Waals surface area contributed by atoms with Crippen molar-refractivity contribution in [2.45, 2.75) is 95.7 Å². The number of rotatable bonds is 11. The van der Waals surface area contributed by atoms with Crippen molar-refractivity contribution >= 4 is 28.6 Å². The first-order valence-corrected chi connectivity index (χ1v) is 13.8. The Morgan fingerprint density at radius 2 is 1.89 bits per heavy atom. The Morgan fingerprint density at radius 1 is 1.13 bits per heavy atom. The van der Waals surface area contributed by atoms with Crippen LogP contribution in [0.2, 0.25) is 0 Å². The molecule has 1 aromatic heterocycles. The summed E-state index contributed by atoms with van der Waals surface area (Å²) in [5.41, 5.74) is 6.63. The average molecular weight is 526 g/mol. The van der Waals surface area contributed by atoms with Crippen molar-refractivity contribution in [3.63, 3.8) is 0 Å². The highest BCUT2D eigenvalue weighted by Crippen LogP contribution is 2.35. The van der Waals surface area contributed by atoms with Crippen molar-refractivity contribution in [2.24, 2.45) is 10.9 Å². The van der Waals surface area contributed by atoms with Crippen LogP contribution in [0.25, 0.3) is 11.0 Å². The van der Waals surface area contributed by atoms with Crippen molar-refractivity contribution < 1.29 is 19.5 Å². The minimum atomic E-state index is -1.20. The fourth-order valence-corrected chi connectivity index (χ4v) is 6.11. The highest BCUT2D eigenvalue weighted by Gasteiger charge is 2.35. The third kappa shape index (κ3) is 6.59. The van der Waals surface area contributed by atoms with Crippen molar-refractivity contribution in [2.75, 3.05) is 13.2 Å². The van der Waals surface area contributed by atoms with Crippen LogP contribution in [0.15, 0.2) is 34.2 Å². The lowest BCUT2D eigenvalue weighted by atomic mass is 9.87. The molecule has 0 spiro atoms. The fraction of sp³-hybridized carbons (Fsp3) is 0.607. The van der Waals surface area contributed by atoms with Gasteiger partial charge in [0, 0.05) is 37.5 Å². The molecule has 1 saturated carbocycles. The maximum Gasteiger partial charge on any atom is 0.344 e. The van der Waals surface area contributed by atoms with Gasteiger partial charge in [0.05, 0.1) is 11.0 Å². The summed E-state index contributed by atoms with van der Waals surface area (Å²) in [5, 5.41) is 12.9. The van der Waals surface area contributed by atoms with Gasteiger partial charge in [0.25, 0.3) is 5.56 Å². The van der Waals surface area contributed by atoms with Gasteiger partial charge in [-0.25, -0.2) is 9.78 Å². The van der Waals surface area contributed by atoms with Crippen LogP contribution >= 0.6 is 0 Å². The number of nitrogens with zero attached hydrogens (tertiary/aromatic N) is 4. The summed E-state index contributed by atoms with van der Waals surface area (Å²) >= 11 is 0. The molecule has 2 aliphatic rings. The van der Waals surface area contributed by atoms with E-state index in [2.05, 4.69) is 22.0 Å². The summed E-state index contributed by atoms with van der Waals surface area (Å²) in [4.78, 5) is 48.8. The van der Waals surface area contributed by atoms with Gasteiger partial charge in [-0.05, 0) is 44.2 Å². The second kappa shape index (κ2) is 13.0. The number of carboxylic acids is 1. The molecule has 2 fully saturated rings. The molecule has 1 aliphatic carbocycles. The van der Waals surface area contributed by atoms with E-state index < -0.39 is 18.5 Å². The molecule has 0 bridgehead atoms. The number of carboxylic acid groups (broad SMARTS) is 1. The Kier molecular flexibility index (Phi) is 9.49. The van der Waals surface area contributed by atoms with Crippen molar-refractivity contribution in [3.05, 3.63) is 40.3 Å². The predicted octanol–water partition coefficient (Wildman–Crippen LogP) is 3.61. The number of oxime groups is 1. The first kappa shape index (κ1) is 27.8. The summed E-state index contributed by atoms with van der Waals surface area (Å²) in [6.45, 7) is 2.50. The lowest BCUT2D eigenvalue weighted by Crippen LogP contribution is -2.50. The van der Waals surface area contributed by atoms with Gasteiger partial charge in [-0.15, -0.1) is 0 Å². The molecule has 38 heavy (non-hydrogen) atoms. The van der Waals surface area contributed by atoms with E-state index in [-0.39, 0.29) is 35.8 Å². The normalized spacial score (nSPS) is 21.4. The number of carbonyl (C=O) groups excluding carboxylic acids is 1. The molecule has 2 atom stereocenters. The highest BCUT2D eigenvalue weighted by atomic mass is 16.6. The van der Waals surface area contributed by atoms with E-state index in [0.29, 0.717) is 17.6 Å². The zero-order valence-corrected chi connectivity index (χ0v) is 22.2. The molecule has 1 aliphatic heterocycles. The molecule has 3 N–H and O–H groups in total. The second-order valence-corrected chi connectivity index (χ2v) is 10.4. The van der Waals surface area contributed by atoms with Crippen LogP contribution in [0, 0.1) is 0 Å². The van der Waals surface area contributed by atoms with E-state index >= 15 is 0 Å². The first-order chi connectivity index (χ1) is 18.4. The van der Waals surface area contributed by atoms with E-state index in [0.717, 1.165) is 37.7 Å². The Balaban J connectivity index is 1.73. The van der Waals surface area contributed by atoms with Crippen LogP contribution in [-0.4, -0.2) is 62.4 Å². The van der Waals surface area contributed by atoms with Gasteiger partial charge in [0.2, 0.25) is 12.5 Å². The van der Waals surface area contributed by atoms with Gasteiger partial charge < -0.3 is 20.2 Å². The number of carbonyl (C=O) groups is 2. The smallest absolute Gasteiger partial charge is 0.344 e. The maximum atomic E-state index is 14.0. The van der Waals surface area contributed by atoms with Crippen molar-refractivity contribution in [1.29, 1.82) is 0 Å².